The molecular weight excluding hydrogens is 328 g/mol. The molecule has 5 heteroatoms. The third-order valence-electron chi connectivity index (χ3n) is 3.05. The molecule has 0 amide bonds. The second-order valence-corrected chi connectivity index (χ2v) is 5.75. The number of benzene rings is 1. The van der Waals surface area contributed by atoms with Crippen molar-refractivity contribution >= 4 is 15.9 Å². The summed E-state index contributed by atoms with van der Waals surface area (Å²) in [6.45, 7) is 5.29. The van der Waals surface area contributed by atoms with Crippen LogP contribution < -0.4 is 10.1 Å². The average molecular weight is 350 g/mol. The first kappa shape index (κ1) is 17.4. The van der Waals surface area contributed by atoms with E-state index in [0.717, 1.165) is 12.5 Å². The van der Waals surface area contributed by atoms with E-state index < -0.39 is 11.6 Å². The van der Waals surface area contributed by atoms with Gasteiger partial charge in [0.25, 0.3) is 0 Å². The Morgan fingerprint density at radius 1 is 1.30 bits per heavy atom. The Morgan fingerprint density at radius 3 is 2.70 bits per heavy atom. The molecule has 0 saturated carbocycles. The van der Waals surface area contributed by atoms with Crippen LogP contribution in [0.15, 0.2) is 16.6 Å². The smallest absolute Gasteiger partial charge is 0.169 e. The van der Waals surface area contributed by atoms with E-state index >= 15 is 0 Å². The summed E-state index contributed by atoms with van der Waals surface area (Å²) in [4.78, 5) is 0. The molecular formula is C15H22BrF2NO. The number of halogens is 3. The van der Waals surface area contributed by atoms with Gasteiger partial charge in [-0.1, -0.05) is 26.2 Å². The zero-order chi connectivity index (χ0) is 15.0. The Bertz CT molecular complexity index is 392. The van der Waals surface area contributed by atoms with Crippen molar-refractivity contribution in [3.05, 3.63) is 28.2 Å². The highest BCUT2D eigenvalue weighted by Gasteiger charge is 2.10. The lowest BCUT2D eigenvalue weighted by Gasteiger charge is -2.14. The van der Waals surface area contributed by atoms with Crippen molar-refractivity contribution in [1.29, 1.82) is 0 Å². The van der Waals surface area contributed by atoms with Crippen LogP contribution in [0.1, 0.15) is 39.5 Å². The molecule has 0 bridgehead atoms. The fourth-order valence-electron chi connectivity index (χ4n) is 1.93. The first-order chi connectivity index (χ1) is 9.54. The van der Waals surface area contributed by atoms with Gasteiger partial charge in [0.15, 0.2) is 11.6 Å². The first-order valence-electron chi connectivity index (χ1n) is 7.05. The summed E-state index contributed by atoms with van der Waals surface area (Å²) in [6.07, 6.45) is 4.80. The summed E-state index contributed by atoms with van der Waals surface area (Å²) in [5, 5.41) is 3.33. The van der Waals surface area contributed by atoms with Crippen LogP contribution in [0, 0.1) is 11.6 Å². The number of hydrogen-bond acceptors (Lipinski definition) is 2. The van der Waals surface area contributed by atoms with Crippen LogP contribution in [0.25, 0.3) is 0 Å². The van der Waals surface area contributed by atoms with Crippen LogP contribution >= 0.6 is 15.9 Å². The molecule has 0 aromatic heterocycles. The lowest BCUT2D eigenvalue weighted by atomic mass is 10.1. The van der Waals surface area contributed by atoms with E-state index in [1.807, 2.05) is 0 Å². The van der Waals surface area contributed by atoms with Gasteiger partial charge in [-0.25, -0.2) is 8.78 Å². The van der Waals surface area contributed by atoms with Crippen LogP contribution in [0.5, 0.6) is 5.75 Å². The molecule has 0 aliphatic carbocycles. The van der Waals surface area contributed by atoms with Gasteiger partial charge in [0, 0.05) is 18.7 Å². The molecule has 0 spiro atoms. The van der Waals surface area contributed by atoms with Gasteiger partial charge in [-0.15, -0.1) is 0 Å². The second kappa shape index (κ2) is 9.29. The van der Waals surface area contributed by atoms with Gasteiger partial charge in [0.2, 0.25) is 0 Å². The van der Waals surface area contributed by atoms with Crippen molar-refractivity contribution in [3.63, 3.8) is 0 Å². The van der Waals surface area contributed by atoms with Gasteiger partial charge in [0.05, 0.1) is 4.47 Å². The summed E-state index contributed by atoms with van der Waals surface area (Å²) in [6, 6.07) is 2.44. The van der Waals surface area contributed by atoms with Crippen LogP contribution in [0.3, 0.4) is 0 Å². The lowest BCUT2D eigenvalue weighted by molar-refractivity contribution is 0.288. The highest BCUT2D eigenvalue weighted by molar-refractivity contribution is 9.10. The minimum atomic E-state index is -0.687. The largest absolute Gasteiger partial charge is 0.488 e. The van der Waals surface area contributed by atoms with Gasteiger partial charge >= 0.3 is 0 Å². The molecule has 1 unspecified atom stereocenters. The summed E-state index contributed by atoms with van der Waals surface area (Å²) in [7, 11) is 0. The zero-order valence-electron chi connectivity index (χ0n) is 12.0. The number of hydrogen-bond donors (Lipinski definition) is 1. The van der Waals surface area contributed by atoms with Crippen LogP contribution in [-0.4, -0.2) is 19.2 Å². The first-order valence-corrected chi connectivity index (χ1v) is 7.84. The molecule has 0 heterocycles. The average Bonchev–Trinajstić information content (AvgIpc) is 2.37. The SMILES string of the molecule is CCCCCC(C)NCCOc1c(F)cc(F)cc1Br. The van der Waals surface area contributed by atoms with Crippen molar-refractivity contribution < 1.29 is 13.5 Å². The van der Waals surface area contributed by atoms with E-state index in [-0.39, 0.29) is 5.75 Å². The standard InChI is InChI=1S/C15H22BrF2NO/c1-3-4-5-6-11(2)19-7-8-20-15-13(16)9-12(17)10-14(15)18/h9-11,19H,3-8H2,1-2H3. The van der Waals surface area contributed by atoms with Gasteiger partial charge in [0.1, 0.15) is 12.4 Å². The van der Waals surface area contributed by atoms with E-state index in [1.165, 1.54) is 25.3 Å². The summed E-state index contributed by atoms with van der Waals surface area (Å²) in [5.41, 5.74) is 0. The molecule has 1 atom stereocenters. The molecule has 0 fully saturated rings. The van der Waals surface area contributed by atoms with Crippen molar-refractivity contribution in [3.8, 4) is 5.75 Å². The van der Waals surface area contributed by atoms with Crippen LogP contribution in [0.4, 0.5) is 8.78 Å². The lowest BCUT2D eigenvalue weighted by Crippen LogP contribution is -2.30. The molecule has 1 N–H and O–H groups in total. The van der Waals surface area contributed by atoms with Gasteiger partial charge in [-0.2, -0.15) is 0 Å². The molecule has 20 heavy (non-hydrogen) atoms. The number of rotatable bonds is 9. The van der Waals surface area contributed by atoms with Crippen molar-refractivity contribution in [1.82, 2.24) is 5.32 Å². The third kappa shape index (κ3) is 6.18. The molecule has 0 aliphatic heterocycles. The van der Waals surface area contributed by atoms with E-state index in [9.17, 15) is 8.78 Å². The zero-order valence-corrected chi connectivity index (χ0v) is 13.6. The van der Waals surface area contributed by atoms with E-state index in [0.29, 0.717) is 23.7 Å². The minimum absolute atomic E-state index is 0.0619. The second-order valence-electron chi connectivity index (χ2n) is 4.90. The fraction of sp³-hybridized carbons (Fsp3) is 0.600. The van der Waals surface area contributed by atoms with Crippen LogP contribution in [-0.2, 0) is 0 Å². The fourth-order valence-corrected chi connectivity index (χ4v) is 2.45. The minimum Gasteiger partial charge on any atom is -0.488 e. The van der Waals surface area contributed by atoms with Gasteiger partial charge < -0.3 is 10.1 Å². The van der Waals surface area contributed by atoms with Gasteiger partial charge in [-0.3, -0.25) is 0 Å². The van der Waals surface area contributed by atoms with E-state index in [1.54, 1.807) is 0 Å². The predicted molar refractivity (Wildman–Crippen MR) is 81.2 cm³/mol. The van der Waals surface area contributed by atoms with Crippen molar-refractivity contribution in [2.75, 3.05) is 13.2 Å². The normalized spacial score (nSPS) is 12.4. The summed E-state index contributed by atoms with van der Waals surface area (Å²) < 4.78 is 32.0. The summed E-state index contributed by atoms with van der Waals surface area (Å²) in [5.74, 6) is -1.25. The number of ether oxygens (including phenoxy) is 1. The maximum absolute atomic E-state index is 13.5. The maximum atomic E-state index is 13.5. The molecule has 0 aliphatic rings. The Balaban J connectivity index is 2.28. The Morgan fingerprint density at radius 2 is 2.05 bits per heavy atom. The maximum Gasteiger partial charge on any atom is 0.169 e. The van der Waals surface area contributed by atoms with E-state index in [4.69, 9.17) is 4.74 Å². The Kier molecular flexibility index (Phi) is 8.07. The molecule has 0 radical (unpaired) electrons. The molecule has 1 aromatic carbocycles. The number of unbranched alkanes of at least 4 members (excludes halogenated alkanes) is 2. The molecule has 2 nitrogen and oxygen atoms in total. The number of nitrogens with one attached hydrogen (secondary N) is 1. The highest BCUT2D eigenvalue weighted by Crippen LogP contribution is 2.29. The third-order valence-corrected chi connectivity index (χ3v) is 3.63. The van der Waals surface area contributed by atoms with E-state index in [2.05, 4.69) is 35.1 Å². The topological polar surface area (TPSA) is 21.3 Å². The van der Waals surface area contributed by atoms with Crippen molar-refractivity contribution in [2.45, 2.75) is 45.6 Å². The monoisotopic (exact) mass is 349 g/mol. The summed E-state index contributed by atoms with van der Waals surface area (Å²) >= 11 is 3.10. The van der Waals surface area contributed by atoms with Gasteiger partial charge in [-0.05, 0) is 35.3 Å². The molecule has 1 rings (SSSR count). The Hall–Kier alpha value is -0.680. The predicted octanol–water partition coefficient (Wildman–Crippen LogP) is 4.66. The quantitative estimate of drug-likeness (QED) is 0.654. The molecule has 114 valence electrons. The molecule has 1 aromatic rings. The van der Waals surface area contributed by atoms with Crippen molar-refractivity contribution in [2.24, 2.45) is 0 Å². The Labute approximate surface area is 128 Å². The highest BCUT2D eigenvalue weighted by atomic mass is 79.9. The van der Waals surface area contributed by atoms with Crippen LogP contribution in [0.2, 0.25) is 0 Å². The molecule has 0 saturated heterocycles.